The van der Waals surface area contributed by atoms with Crippen LogP contribution < -0.4 is 4.74 Å². The number of carbonyl (C=O) groups excluding carboxylic acids is 2. The smallest absolute Gasteiger partial charge is 0.387 e. The van der Waals surface area contributed by atoms with Crippen LogP contribution in [0.3, 0.4) is 0 Å². The van der Waals surface area contributed by atoms with Crippen LogP contribution in [0.5, 0.6) is 5.75 Å². The predicted octanol–water partition coefficient (Wildman–Crippen LogP) is 4.11. The van der Waals surface area contributed by atoms with Gasteiger partial charge in [0.1, 0.15) is 5.75 Å². The summed E-state index contributed by atoms with van der Waals surface area (Å²) in [6, 6.07) is 5.80. The lowest BCUT2D eigenvalue weighted by Crippen LogP contribution is -2.36. The molecule has 2 rings (SSSR count). The number of hydrogen-bond acceptors (Lipinski definition) is 5. The summed E-state index contributed by atoms with van der Waals surface area (Å²) >= 11 is 0. The van der Waals surface area contributed by atoms with Gasteiger partial charge < -0.3 is 14.5 Å². The molecule has 1 N–H and O–H groups in total. The van der Waals surface area contributed by atoms with Gasteiger partial charge in [-0.1, -0.05) is 12.1 Å². The number of halogens is 2. The fraction of sp³-hybridized carbons (Fsp3) is 0.429. The zero-order valence-corrected chi connectivity index (χ0v) is 17.2. The molecule has 1 aromatic carbocycles. The third-order valence-corrected chi connectivity index (χ3v) is 4.78. The number of benzene rings is 1. The second-order valence-corrected chi connectivity index (χ2v) is 6.82. The Labute approximate surface area is 168 Å². The van der Waals surface area contributed by atoms with Crippen molar-refractivity contribution in [1.82, 2.24) is 9.88 Å². The maximum atomic E-state index is 13.0. The van der Waals surface area contributed by atoms with Crippen molar-refractivity contribution in [3.05, 3.63) is 52.3 Å². The summed E-state index contributed by atoms with van der Waals surface area (Å²) in [5.74, 6) is -0.522. The summed E-state index contributed by atoms with van der Waals surface area (Å²) in [6.45, 7) is 4.77. The number of rotatable bonds is 9. The van der Waals surface area contributed by atoms with E-state index >= 15 is 0 Å². The maximum Gasteiger partial charge on any atom is 0.387 e. The Balaban J connectivity index is 2.11. The van der Waals surface area contributed by atoms with Crippen LogP contribution in [-0.4, -0.2) is 47.9 Å². The molecule has 0 aliphatic carbocycles. The second kappa shape index (κ2) is 9.65. The number of ether oxygens (including phenoxy) is 2. The van der Waals surface area contributed by atoms with Gasteiger partial charge in [0, 0.05) is 12.2 Å². The van der Waals surface area contributed by atoms with Gasteiger partial charge in [-0.15, -0.1) is 0 Å². The normalized spacial score (nSPS) is 12.3. The molecule has 0 radical (unpaired) electrons. The van der Waals surface area contributed by atoms with Gasteiger partial charge in [0.25, 0.3) is 0 Å². The summed E-state index contributed by atoms with van der Waals surface area (Å²) < 4.78 is 33.9. The second-order valence-electron chi connectivity index (χ2n) is 6.82. The van der Waals surface area contributed by atoms with Gasteiger partial charge >= 0.3 is 12.6 Å². The van der Waals surface area contributed by atoms with E-state index in [4.69, 9.17) is 4.74 Å². The van der Waals surface area contributed by atoms with Crippen LogP contribution in [0.2, 0.25) is 0 Å². The fourth-order valence-corrected chi connectivity index (χ4v) is 3.12. The van der Waals surface area contributed by atoms with Crippen molar-refractivity contribution in [3.63, 3.8) is 0 Å². The lowest BCUT2D eigenvalue weighted by Gasteiger charge is -2.23. The number of likely N-dealkylation sites (N-methyl/N-ethyl adjacent to an activating group) is 1. The molecule has 0 saturated heterocycles. The molecule has 1 aromatic heterocycles. The van der Waals surface area contributed by atoms with Crippen LogP contribution in [0.4, 0.5) is 8.78 Å². The molecule has 0 aliphatic rings. The van der Waals surface area contributed by atoms with Crippen LogP contribution in [0, 0.1) is 13.8 Å². The van der Waals surface area contributed by atoms with E-state index in [1.807, 2.05) is 4.90 Å². The zero-order chi connectivity index (χ0) is 21.7. The van der Waals surface area contributed by atoms with Crippen molar-refractivity contribution in [1.29, 1.82) is 0 Å². The van der Waals surface area contributed by atoms with E-state index in [2.05, 4.69) is 9.72 Å². The van der Waals surface area contributed by atoms with Gasteiger partial charge in [0.15, 0.2) is 5.78 Å². The predicted molar refractivity (Wildman–Crippen MR) is 105 cm³/mol. The Kier molecular flexibility index (Phi) is 7.50. The minimum Gasteiger partial charge on any atom is -0.462 e. The van der Waals surface area contributed by atoms with Crippen molar-refractivity contribution in [3.8, 4) is 5.75 Å². The summed E-state index contributed by atoms with van der Waals surface area (Å²) in [4.78, 5) is 30.0. The SMILES string of the molecule is CCOC(=O)c1c(C)[nH]c(C(=O)[C@@H](C)N(C)Cc2ccc(OC(F)F)cc2)c1C. The first-order chi connectivity index (χ1) is 13.6. The third-order valence-electron chi connectivity index (χ3n) is 4.78. The van der Waals surface area contributed by atoms with E-state index in [0.29, 0.717) is 29.1 Å². The number of nitrogens with one attached hydrogen (secondary N) is 1. The van der Waals surface area contributed by atoms with Gasteiger partial charge in [0.2, 0.25) is 0 Å². The van der Waals surface area contributed by atoms with E-state index in [9.17, 15) is 18.4 Å². The van der Waals surface area contributed by atoms with Crippen LogP contribution in [-0.2, 0) is 11.3 Å². The highest BCUT2D eigenvalue weighted by Crippen LogP contribution is 2.22. The summed E-state index contributed by atoms with van der Waals surface area (Å²) in [6.07, 6.45) is 0. The highest BCUT2D eigenvalue weighted by Gasteiger charge is 2.27. The van der Waals surface area contributed by atoms with Crippen molar-refractivity contribution < 1.29 is 27.8 Å². The Morgan fingerprint density at radius 3 is 2.34 bits per heavy atom. The summed E-state index contributed by atoms with van der Waals surface area (Å²) in [5, 5.41) is 0. The molecule has 0 aliphatic heterocycles. The lowest BCUT2D eigenvalue weighted by atomic mass is 10.0. The Hall–Kier alpha value is -2.74. The number of aromatic amines is 1. The number of aryl methyl sites for hydroxylation is 1. The van der Waals surface area contributed by atoms with Crippen molar-refractivity contribution in [2.75, 3.05) is 13.7 Å². The minimum absolute atomic E-state index is 0.0829. The average molecular weight is 408 g/mol. The van der Waals surface area contributed by atoms with Crippen molar-refractivity contribution in [2.45, 2.75) is 46.9 Å². The third kappa shape index (κ3) is 5.41. The van der Waals surface area contributed by atoms with Crippen LogP contribution in [0.25, 0.3) is 0 Å². The first kappa shape index (κ1) is 22.5. The molecule has 0 spiro atoms. The van der Waals surface area contributed by atoms with E-state index in [1.165, 1.54) is 12.1 Å². The van der Waals surface area contributed by atoms with Gasteiger partial charge in [-0.05, 0) is 58.0 Å². The number of alkyl halides is 2. The van der Waals surface area contributed by atoms with Gasteiger partial charge in [-0.2, -0.15) is 8.78 Å². The first-order valence-electron chi connectivity index (χ1n) is 9.30. The zero-order valence-electron chi connectivity index (χ0n) is 17.2. The van der Waals surface area contributed by atoms with Crippen molar-refractivity contribution in [2.24, 2.45) is 0 Å². The molecular weight excluding hydrogens is 382 g/mol. The number of aromatic nitrogens is 1. The van der Waals surface area contributed by atoms with E-state index in [0.717, 1.165) is 5.56 Å². The molecule has 0 fully saturated rings. The highest BCUT2D eigenvalue weighted by molar-refractivity contribution is 6.03. The van der Waals surface area contributed by atoms with E-state index < -0.39 is 18.6 Å². The standard InChI is InChI=1S/C21H26F2N2O4/c1-6-28-20(27)17-12(2)18(24-13(17)3)19(26)14(4)25(5)11-15-7-9-16(10-8-15)29-21(22)23/h7-10,14,21,24H,6,11H2,1-5H3/t14-/m1/s1. The molecule has 29 heavy (non-hydrogen) atoms. The monoisotopic (exact) mass is 408 g/mol. The van der Waals surface area contributed by atoms with Crippen LogP contribution in [0.15, 0.2) is 24.3 Å². The van der Waals surface area contributed by atoms with Gasteiger partial charge in [0.05, 0.1) is 23.9 Å². The average Bonchev–Trinajstić information content (AvgIpc) is 2.96. The molecule has 158 valence electrons. The molecule has 0 bridgehead atoms. The number of ketones is 1. The Morgan fingerprint density at radius 1 is 1.17 bits per heavy atom. The molecular formula is C21H26F2N2O4. The quantitative estimate of drug-likeness (QED) is 0.499. The molecule has 0 saturated carbocycles. The summed E-state index contributed by atoms with van der Waals surface area (Å²) in [5.41, 5.74) is 2.78. The molecule has 8 heteroatoms. The highest BCUT2D eigenvalue weighted by atomic mass is 19.3. The van der Waals surface area contributed by atoms with Gasteiger partial charge in [-0.25, -0.2) is 4.79 Å². The topological polar surface area (TPSA) is 71.6 Å². The number of esters is 1. The van der Waals surface area contributed by atoms with Gasteiger partial charge in [-0.3, -0.25) is 9.69 Å². The number of nitrogens with zero attached hydrogens (tertiary/aromatic N) is 1. The number of hydrogen-bond donors (Lipinski definition) is 1. The molecule has 0 amide bonds. The van der Waals surface area contributed by atoms with E-state index in [1.54, 1.807) is 46.9 Å². The number of carbonyl (C=O) groups is 2. The fourth-order valence-electron chi connectivity index (χ4n) is 3.12. The Bertz CT molecular complexity index is 862. The number of H-pyrrole nitrogens is 1. The Morgan fingerprint density at radius 2 is 1.79 bits per heavy atom. The van der Waals surface area contributed by atoms with Crippen LogP contribution >= 0.6 is 0 Å². The molecule has 1 atom stereocenters. The largest absolute Gasteiger partial charge is 0.462 e. The minimum atomic E-state index is -2.87. The molecule has 0 unspecified atom stereocenters. The molecule has 6 nitrogen and oxygen atoms in total. The maximum absolute atomic E-state index is 13.0. The lowest BCUT2D eigenvalue weighted by molar-refractivity contribution is -0.0498. The molecule has 2 aromatic rings. The number of Topliss-reactive ketones (excluding diaryl/α,β-unsaturated/α-hetero) is 1. The molecule has 1 heterocycles. The van der Waals surface area contributed by atoms with Crippen molar-refractivity contribution >= 4 is 11.8 Å². The van der Waals surface area contributed by atoms with Crippen LogP contribution in [0.1, 0.15) is 51.5 Å². The summed E-state index contributed by atoms with van der Waals surface area (Å²) in [7, 11) is 1.80. The first-order valence-corrected chi connectivity index (χ1v) is 9.30. The van der Waals surface area contributed by atoms with E-state index in [-0.39, 0.29) is 18.1 Å².